The third-order valence-corrected chi connectivity index (χ3v) is 5.53. The zero-order valence-electron chi connectivity index (χ0n) is 12.2. The van der Waals surface area contributed by atoms with Crippen LogP contribution in [0.4, 0.5) is 0 Å². The van der Waals surface area contributed by atoms with Gasteiger partial charge in [0.1, 0.15) is 0 Å². The van der Waals surface area contributed by atoms with Crippen LogP contribution in [-0.4, -0.2) is 22.5 Å². The van der Waals surface area contributed by atoms with Crippen LogP contribution >= 0.6 is 11.8 Å². The number of hydrogen-bond acceptors (Lipinski definition) is 3. The predicted octanol–water partition coefficient (Wildman–Crippen LogP) is 3.86. The van der Waals surface area contributed by atoms with E-state index in [1.807, 2.05) is 12.3 Å². The minimum Gasteiger partial charge on any atom is -0.309 e. The first-order chi connectivity index (χ1) is 9.64. The van der Waals surface area contributed by atoms with Gasteiger partial charge in [-0.1, -0.05) is 38.1 Å². The largest absolute Gasteiger partial charge is 0.309 e. The van der Waals surface area contributed by atoms with E-state index in [4.69, 9.17) is 0 Å². The first kappa shape index (κ1) is 13.9. The number of hydrogen-bond donors (Lipinski definition) is 1. The smallest absolute Gasteiger partial charge is 0.0746 e. The van der Waals surface area contributed by atoms with E-state index in [0.29, 0.717) is 11.5 Å². The quantitative estimate of drug-likeness (QED) is 0.927. The molecular weight excluding hydrogens is 264 g/mol. The lowest BCUT2D eigenvalue weighted by atomic mass is 9.88. The molecule has 0 saturated carbocycles. The lowest BCUT2D eigenvalue weighted by Gasteiger charge is -2.35. The highest BCUT2D eigenvalue weighted by Gasteiger charge is 2.28. The number of para-hydroxylation sites is 1. The molecule has 1 aliphatic heterocycles. The Morgan fingerprint density at radius 3 is 3.00 bits per heavy atom. The van der Waals surface area contributed by atoms with Crippen LogP contribution in [-0.2, 0) is 6.54 Å². The Kier molecular flexibility index (Phi) is 3.99. The molecule has 0 spiro atoms. The van der Waals surface area contributed by atoms with E-state index in [1.54, 1.807) is 0 Å². The lowest BCUT2D eigenvalue weighted by molar-refractivity contribution is 0.317. The van der Waals surface area contributed by atoms with Crippen molar-refractivity contribution in [2.75, 3.05) is 11.5 Å². The highest BCUT2D eigenvalue weighted by atomic mass is 32.2. The van der Waals surface area contributed by atoms with E-state index in [1.165, 1.54) is 28.9 Å². The first-order valence-electron chi connectivity index (χ1n) is 7.28. The highest BCUT2D eigenvalue weighted by molar-refractivity contribution is 7.99. The minimum atomic E-state index is 0.456. The van der Waals surface area contributed by atoms with Crippen molar-refractivity contribution in [3.63, 3.8) is 0 Å². The van der Waals surface area contributed by atoms with Crippen molar-refractivity contribution < 1.29 is 0 Å². The Hall–Kier alpha value is -1.06. The fourth-order valence-corrected chi connectivity index (χ4v) is 4.27. The maximum absolute atomic E-state index is 4.53. The van der Waals surface area contributed by atoms with Gasteiger partial charge in [-0.15, -0.1) is 0 Å². The van der Waals surface area contributed by atoms with Crippen LogP contribution in [0.2, 0.25) is 0 Å². The lowest BCUT2D eigenvalue weighted by Crippen LogP contribution is -2.40. The van der Waals surface area contributed by atoms with Crippen LogP contribution < -0.4 is 5.32 Å². The minimum absolute atomic E-state index is 0.456. The summed E-state index contributed by atoms with van der Waals surface area (Å²) >= 11 is 2.07. The molecule has 1 atom stereocenters. The van der Waals surface area contributed by atoms with Crippen molar-refractivity contribution in [3.8, 4) is 0 Å². The average molecular weight is 286 g/mol. The third kappa shape index (κ3) is 3.15. The predicted molar refractivity (Wildman–Crippen MR) is 88.1 cm³/mol. The molecule has 1 saturated heterocycles. The molecule has 0 amide bonds. The molecule has 106 valence electrons. The molecule has 0 radical (unpaired) electrons. The summed E-state index contributed by atoms with van der Waals surface area (Å²) in [6.07, 6.45) is 3.14. The van der Waals surface area contributed by atoms with E-state index in [-0.39, 0.29) is 0 Å². The summed E-state index contributed by atoms with van der Waals surface area (Å²) in [5.41, 5.74) is 2.89. The van der Waals surface area contributed by atoms with Crippen molar-refractivity contribution >= 4 is 22.7 Å². The Labute approximate surface area is 125 Å². The van der Waals surface area contributed by atoms with Gasteiger partial charge in [-0.2, -0.15) is 11.8 Å². The van der Waals surface area contributed by atoms with Crippen molar-refractivity contribution in [2.45, 2.75) is 32.9 Å². The monoisotopic (exact) mass is 286 g/mol. The molecule has 1 fully saturated rings. The van der Waals surface area contributed by atoms with Crippen LogP contribution in [0.3, 0.4) is 0 Å². The number of thioether (sulfide) groups is 1. The van der Waals surface area contributed by atoms with E-state index < -0.39 is 0 Å². The van der Waals surface area contributed by atoms with E-state index in [9.17, 15) is 0 Å². The molecule has 1 aromatic heterocycles. The van der Waals surface area contributed by atoms with Crippen molar-refractivity contribution in [1.82, 2.24) is 10.3 Å². The summed E-state index contributed by atoms with van der Waals surface area (Å²) in [5, 5.41) is 4.95. The second-order valence-electron chi connectivity index (χ2n) is 6.45. The summed E-state index contributed by atoms with van der Waals surface area (Å²) in [4.78, 5) is 4.53. The van der Waals surface area contributed by atoms with Crippen molar-refractivity contribution in [2.24, 2.45) is 5.41 Å². The topological polar surface area (TPSA) is 24.9 Å². The Bertz CT molecular complexity index is 589. The molecule has 1 aliphatic rings. The second-order valence-corrected chi connectivity index (χ2v) is 7.48. The number of nitrogens with one attached hydrogen (secondary N) is 1. The summed E-state index contributed by atoms with van der Waals surface area (Å²) in [6.45, 7) is 5.65. The zero-order valence-corrected chi connectivity index (χ0v) is 13.0. The maximum atomic E-state index is 4.53. The zero-order chi connectivity index (χ0) is 14.0. The molecule has 2 heterocycles. The highest BCUT2D eigenvalue weighted by Crippen LogP contribution is 2.33. The number of nitrogens with zero attached hydrogens (tertiary/aromatic N) is 1. The van der Waals surface area contributed by atoms with Gasteiger partial charge >= 0.3 is 0 Å². The number of pyridine rings is 1. The molecule has 2 aromatic rings. The first-order valence-corrected chi connectivity index (χ1v) is 8.43. The molecule has 1 N–H and O–H groups in total. The van der Waals surface area contributed by atoms with Gasteiger partial charge in [-0.3, -0.25) is 4.98 Å². The van der Waals surface area contributed by atoms with Gasteiger partial charge in [0.15, 0.2) is 0 Å². The second kappa shape index (κ2) is 5.74. The SMILES string of the molecule is CC1(C)CSCC(NCc2cccc3cccnc23)C1. The van der Waals surface area contributed by atoms with Crippen LogP contribution in [0.5, 0.6) is 0 Å². The standard InChI is InChI=1S/C17H22N2S/c1-17(2)9-15(11-20-12-17)19-10-14-6-3-5-13-7-4-8-18-16(13)14/h3-8,15,19H,9-12H2,1-2H3. The molecule has 1 aromatic carbocycles. The van der Waals surface area contributed by atoms with Crippen LogP contribution in [0.15, 0.2) is 36.5 Å². The van der Waals surface area contributed by atoms with Gasteiger partial charge in [0.25, 0.3) is 0 Å². The van der Waals surface area contributed by atoms with Crippen LogP contribution in [0.25, 0.3) is 10.9 Å². The summed E-state index contributed by atoms with van der Waals surface area (Å²) in [5.74, 6) is 2.50. The molecule has 3 rings (SSSR count). The van der Waals surface area contributed by atoms with Gasteiger partial charge in [0.2, 0.25) is 0 Å². The van der Waals surface area contributed by atoms with E-state index in [0.717, 1.165) is 12.1 Å². The van der Waals surface area contributed by atoms with E-state index >= 15 is 0 Å². The van der Waals surface area contributed by atoms with Gasteiger partial charge in [0, 0.05) is 29.9 Å². The van der Waals surface area contributed by atoms with Gasteiger partial charge < -0.3 is 5.32 Å². The normalized spacial score (nSPS) is 22.0. The molecule has 1 unspecified atom stereocenters. The summed E-state index contributed by atoms with van der Waals surface area (Å²) in [7, 11) is 0. The number of aromatic nitrogens is 1. The Morgan fingerprint density at radius 1 is 1.30 bits per heavy atom. The molecule has 0 aliphatic carbocycles. The fraction of sp³-hybridized carbons (Fsp3) is 0.471. The third-order valence-electron chi connectivity index (χ3n) is 3.91. The molecular formula is C17H22N2S. The molecule has 0 bridgehead atoms. The number of rotatable bonds is 3. The van der Waals surface area contributed by atoms with Crippen molar-refractivity contribution in [3.05, 3.63) is 42.1 Å². The fourth-order valence-electron chi connectivity index (χ4n) is 2.96. The Balaban J connectivity index is 1.71. The Morgan fingerprint density at radius 2 is 2.15 bits per heavy atom. The number of benzene rings is 1. The van der Waals surface area contributed by atoms with Gasteiger partial charge in [-0.05, 0) is 29.2 Å². The van der Waals surface area contributed by atoms with Crippen LogP contribution in [0, 0.1) is 5.41 Å². The summed E-state index contributed by atoms with van der Waals surface area (Å²) in [6, 6.07) is 11.2. The molecule has 20 heavy (non-hydrogen) atoms. The maximum Gasteiger partial charge on any atom is 0.0746 e. The average Bonchev–Trinajstić information content (AvgIpc) is 2.44. The van der Waals surface area contributed by atoms with Gasteiger partial charge in [0.05, 0.1) is 5.52 Å². The number of fused-ring (bicyclic) bond motifs is 1. The molecule has 3 heteroatoms. The van der Waals surface area contributed by atoms with Crippen molar-refractivity contribution in [1.29, 1.82) is 0 Å². The van der Waals surface area contributed by atoms with Gasteiger partial charge in [-0.25, -0.2) is 0 Å². The summed E-state index contributed by atoms with van der Waals surface area (Å²) < 4.78 is 0. The molecule has 2 nitrogen and oxygen atoms in total. The van der Waals surface area contributed by atoms with E-state index in [2.05, 4.69) is 60.2 Å². The van der Waals surface area contributed by atoms with Crippen LogP contribution in [0.1, 0.15) is 25.8 Å².